The molecule has 3 aliphatic rings. The molecule has 1 aliphatic heterocycles. The van der Waals surface area contributed by atoms with Crippen LogP contribution in [0.15, 0.2) is 65.9 Å². The second-order valence-corrected chi connectivity index (χ2v) is 16.3. The van der Waals surface area contributed by atoms with E-state index in [1.807, 2.05) is 52.0 Å². The number of unbranched alkanes of at least 4 members (excludes halogenated alkanes) is 2. The van der Waals surface area contributed by atoms with Gasteiger partial charge >= 0.3 is 6.09 Å². The molecule has 296 valence electrons. The smallest absolute Gasteiger partial charge is 0.410 e. The highest BCUT2D eigenvalue weighted by molar-refractivity contribution is 6.02. The first-order valence-corrected chi connectivity index (χ1v) is 19.7. The van der Waals surface area contributed by atoms with Gasteiger partial charge in [-0.3, -0.25) is 0 Å². The Morgan fingerprint density at radius 1 is 1.04 bits per heavy atom. The molecule has 0 unspecified atom stereocenters. The zero-order valence-electron chi connectivity index (χ0n) is 33.4. The zero-order chi connectivity index (χ0) is 39.0. The van der Waals surface area contributed by atoms with E-state index in [4.69, 9.17) is 28.9 Å². The summed E-state index contributed by atoms with van der Waals surface area (Å²) in [5.74, 6) is 0.488. The molecule has 0 saturated heterocycles. The monoisotopic (exact) mass is 746 g/mol. The Morgan fingerprint density at radius 2 is 1.74 bits per heavy atom. The number of aliphatic hydroxyl groups is 2. The van der Waals surface area contributed by atoms with E-state index in [1.165, 1.54) is 5.56 Å². The molecule has 10 nitrogen and oxygen atoms in total. The van der Waals surface area contributed by atoms with Gasteiger partial charge in [0.2, 0.25) is 5.79 Å². The maximum Gasteiger partial charge on any atom is 0.410 e. The van der Waals surface area contributed by atoms with Crippen molar-refractivity contribution in [3.63, 3.8) is 0 Å². The molecule has 2 aromatic rings. The summed E-state index contributed by atoms with van der Waals surface area (Å²) in [5, 5.41) is 24.4. The van der Waals surface area contributed by atoms with Gasteiger partial charge in [-0.15, -0.1) is 6.58 Å². The van der Waals surface area contributed by atoms with Crippen molar-refractivity contribution in [3.8, 4) is 17.2 Å². The van der Waals surface area contributed by atoms with Crippen LogP contribution in [0.3, 0.4) is 0 Å². The number of amides is 1. The van der Waals surface area contributed by atoms with E-state index in [2.05, 4.69) is 38.6 Å². The maximum atomic E-state index is 13.9. The normalized spacial score (nSPS) is 25.2. The largest absolute Gasteiger partial charge is 0.459 e. The average molecular weight is 747 g/mol. The number of allylic oxidation sites excluding steroid dienone is 1. The number of aryl methyl sites for hydroxylation is 2. The SMILES string of the molecule is C=CCO[C@@]12Oc3ccc(Oc4ccc(C)c(C)c4)cc3[C@H]3[C@H](CCCCO)[C@@H](CCCCO)C=C(C(=NOCC)C[C@@H]1N(C)C(=O)OCC(C)(C)C)[C@H]32. The number of fused-ring (bicyclic) bond motifs is 2. The molecular formula is C44H62N2O8. The van der Waals surface area contributed by atoms with Crippen molar-refractivity contribution in [2.45, 2.75) is 104 Å². The number of oxime groups is 1. The molecule has 1 amide bonds. The van der Waals surface area contributed by atoms with Crippen LogP contribution in [0.2, 0.25) is 0 Å². The van der Waals surface area contributed by atoms with Gasteiger partial charge in [-0.2, -0.15) is 0 Å². The summed E-state index contributed by atoms with van der Waals surface area (Å²) < 4.78 is 26.5. The summed E-state index contributed by atoms with van der Waals surface area (Å²) in [4.78, 5) is 21.3. The lowest BCUT2D eigenvalue weighted by atomic mass is 9.55. The van der Waals surface area contributed by atoms with E-state index < -0.39 is 23.8 Å². The molecule has 1 fully saturated rings. The van der Waals surface area contributed by atoms with Crippen LogP contribution in [-0.4, -0.2) is 78.8 Å². The number of nitrogens with zero attached hydrogens (tertiary/aromatic N) is 2. The van der Waals surface area contributed by atoms with Gasteiger partial charge in [0.15, 0.2) is 0 Å². The molecule has 2 N–H and O–H groups in total. The topological polar surface area (TPSA) is 119 Å². The van der Waals surface area contributed by atoms with Crippen molar-refractivity contribution >= 4 is 11.8 Å². The van der Waals surface area contributed by atoms with Crippen molar-refractivity contribution in [1.82, 2.24) is 4.90 Å². The number of hydrogen-bond donors (Lipinski definition) is 2. The number of benzene rings is 2. The number of rotatable bonds is 17. The Labute approximate surface area is 322 Å². The summed E-state index contributed by atoms with van der Waals surface area (Å²) in [6.07, 6.45) is 8.70. The lowest BCUT2D eigenvalue weighted by Crippen LogP contribution is -2.69. The lowest BCUT2D eigenvalue weighted by Gasteiger charge is -2.59. The van der Waals surface area contributed by atoms with Crippen molar-refractivity contribution in [1.29, 1.82) is 0 Å². The molecule has 2 aromatic carbocycles. The van der Waals surface area contributed by atoms with E-state index in [-0.39, 0.29) is 49.6 Å². The van der Waals surface area contributed by atoms with Gasteiger partial charge in [0, 0.05) is 38.2 Å². The Morgan fingerprint density at radius 3 is 2.41 bits per heavy atom. The molecule has 0 bridgehead atoms. The number of ether oxygens (including phenoxy) is 4. The molecule has 54 heavy (non-hydrogen) atoms. The fraction of sp³-hybridized carbons (Fsp3) is 0.591. The summed E-state index contributed by atoms with van der Waals surface area (Å²) >= 11 is 0. The minimum Gasteiger partial charge on any atom is -0.459 e. The zero-order valence-corrected chi connectivity index (χ0v) is 33.4. The van der Waals surface area contributed by atoms with Gasteiger partial charge < -0.3 is 38.9 Å². The van der Waals surface area contributed by atoms with Gasteiger partial charge in [0.25, 0.3) is 0 Å². The van der Waals surface area contributed by atoms with E-state index in [0.29, 0.717) is 37.4 Å². The van der Waals surface area contributed by atoms with Crippen LogP contribution in [-0.2, 0) is 14.3 Å². The average Bonchev–Trinajstić information content (AvgIpc) is 3.14. The first kappa shape index (κ1) is 41.3. The first-order chi connectivity index (χ1) is 25.9. The number of carbonyl (C=O) groups is 1. The van der Waals surface area contributed by atoms with Gasteiger partial charge in [-0.25, -0.2) is 4.79 Å². The molecule has 2 aliphatic carbocycles. The molecule has 5 rings (SSSR count). The fourth-order valence-corrected chi connectivity index (χ4v) is 8.35. The number of likely N-dealkylation sites (N-methyl/N-ethyl adjacent to an activating group) is 1. The molecule has 10 heteroatoms. The maximum absolute atomic E-state index is 13.9. The Bertz CT molecular complexity index is 1660. The lowest BCUT2D eigenvalue weighted by molar-refractivity contribution is -0.253. The third-order valence-corrected chi connectivity index (χ3v) is 11.0. The third-order valence-electron chi connectivity index (χ3n) is 11.0. The molecular weight excluding hydrogens is 684 g/mol. The Balaban J connectivity index is 1.73. The van der Waals surface area contributed by atoms with Crippen LogP contribution in [0.1, 0.15) is 95.2 Å². The van der Waals surface area contributed by atoms with E-state index in [9.17, 15) is 15.0 Å². The second-order valence-electron chi connectivity index (χ2n) is 16.3. The van der Waals surface area contributed by atoms with Crippen molar-refractivity contribution in [2.24, 2.45) is 28.3 Å². The van der Waals surface area contributed by atoms with E-state index in [1.54, 1.807) is 18.0 Å². The molecule has 1 heterocycles. The quantitative estimate of drug-likeness (QED) is 0.0937. The molecule has 6 atom stereocenters. The highest BCUT2D eigenvalue weighted by atomic mass is 16.7. The van der Waals surface area contributed by atoms with Crippen LogP contribution in [0.25, 0.3) is 0 Å². The molecule has 0 aromatic heterocycles. The predicted octanol–water partition coefficient (Wildman–Crippen LogP) is 8.86. The highest BCUT2D eigenvalue weighted by Crippen LogP contribution is 2.62. The summed E-state index contributed by atoms with van der Waals surface area (Å²) in [6.45, 7) is 17.2. The Kier molecular flexibility index (Phi) is 13.9. The number of carbonyl (C=O) groups excluding carboxylic acids is 1. The molecule has 1 saturated carbocycles. The first-order valence-electron chi connectivity index (χ1n) is 19.7. The van der Waals surface area contributed by atoms with Crippen LogP contribution < -0.4 is 9.47 Å². The van der Waals surface area contributed by atoms with Crippen LogP contribution in [0.4, 0.5) is 4.79 Å². The number of aliphatic hydroxyl groups excluding tert-OH is 2. The predicted molar refractivity (Wildman–Crippen MR) is 211 cm³/mol. The van der Waals surface area contributed by atoms with Crippen LogP contribution >= 0.6 is 0 Å². The van der Waals surface area contributed by atoms with Crippen LogP contribution in [0.5, 0.6) is 17.2 Å². The second kappa shape index (κ2) is 18.2. The van der Waals surface area contributed by atoms with E-state index >= 15 is 0 Å². The summed E-state index contributed by atoms with van der Waals surface area (Å²) in [7, 11) is 1.75. The summed E-state index contributed by atoms with van der Waals surface area (Å²) in [5.41, 5.74) is 4.86. The highest BCUT2D eigenvalue weighted by Gasteiger charge is 2.65. The van der Waals surface area contributed by atoms with E-state index in [0.717, 1.165) is 53.8 Å². The van der Waals surface area contributed by atoms with Crippen molar-refractivity contribution < 1.29 is 38.8 Å². The molecule has 0 radical (unpaired) electrons. The minimum absolute atomic E-state index is 0.112. The number of hydrogen-bond acceptors (Lipinski definition) is 9. The van der Waals surface area contributed by atoms with Crippen molar-refractivity contribution in [2.75, 3.05) is 40.1 Å². The van der Waals surface area contributed by atoms with Gasteiger partial charge in [-0.05, 0) is 111 Å². The van der Waals surface area contributed by atoms with Gasteiger partial charge in [0.05, 0.1) is 24.8 Å². The minimum atomic E-state index is -1.33. The fourth-order valence-electron chi connectivity index (χ4n) is 8.35. The van der Waals surface area contributed by atoms with Gasteiger partial charge in [-0.1, -0.05) is 57.0 Å². The standard InChI is InChI=1S/C44H62N2O8/c1-9-23-51-44-39(46(8)42(49)50-28-43(5,6)7)27-37(45-52-10-2)35-25-31(15-11-13-21-47)34(16-12-14-22-48)40(41(35)44)36-26-33(19-20-38(36)54-44)53-32-18-17-29(3)30(4)24-32/h9,17-20,24-26,31,34,39-41,47-48H,1,10-16,21-23,27-28H2,2-8H3/t31-,34+,39-,40+,41+,44+/m0/s1. The molecule has 0 spiro atoms. The summed E-state index contributed by atoms with van der Waals surface area (Å²) in [6, 6.07) is 11.4. The van der Waals surface area contributed by atoms with Crippen LogP contribution in [0, 0.1) is 37.0 Å². The third kappa shape index (κ3) is 9.15. The Hall–Kier alpha value is -3.86. The van der Waals surface area contributed by atoms with Crippen molar-refractivity contribution in [3.05, 3.63) is 77.4 Å². The van der Waals surface area contributed by atoms with Gasteiger partial charge in [0.1, 0.15) is 29.9 Å².